The molecule has 0 radical (unpaired) electrons. The predicted molar refractivity (Wildman–Crippen MR) is 163 cm³/mol. The van der Waals surface area contributed by atoms with Crippen molar-refractivity contribution in [2.45, 2.75) is 6.42 Å². The molecular formula is C22H30N12O8S2. The Labute approximate surface area is 255 Å². The van der Waals surface area contributed by atoms with Gasteiger partial charge < -0.3 is 36.8 Å². The minimum Gasteiger partial charge on any atom is -0.396 e. The number of rotatable bonds is 20. The van der Waals surface area contributed by atoms with Gasteiger partial charge in [0.2, 0.25) is 29.7 Å². The molecule has 0 amide bonds. The van der Waals surface area contributed by atoms with Crippen LogP contribution in [0.4, 0.5) is 47.1 Å². The van der Waals surface area contributed by atoms with Gasteiger partial charge in [-0.05, 0) is 24.6 Å². The van der Waals surface area contributed by atoms with Crippen molar-refractivity contribution < 1.29 is 37.8 Å². The van der Waals surface area contributed by atoms with Gasteiger partial charge in [0.05, 0.1) is 18.1 Å². The Kier molecular flexibility index (Phi) is 13.8. The van der Waals surface area contributed by atoms with Gasteiger partial charge in [-0.15, -0.1) is 4.33 Å². The number of aliphatic imine (C=N–C) groups is 1. The lowest BCUT2D eigenvalue weighted by atomic mass is 10.3. The number of hydrogen-bond acceptors (Lipinski definition) is 20. The highest BCUT2D eigenvalue weighted by Crippen LogP contribution is 2.23. The summed E-state index contributed by atoms with van der Waals surface area (Å²) in [5.74, 6) is 0.131. The van der Waals surface area contributed by atoms with Gasteiger partial charge in [-0.2, -0.15) is 38.3 Å². The maximum Gasteiger partial charge on any atom is 0.266 e. The second-order valence-electron chi connectivity index (χ2n) is 8.26. The summed E-state index contributed by atoms with van der Waals surface area (Å²) < 4.78 is 35.4. The van der Waals surface area contributed by atoms with Gasteiger partial charge in [-0.25, -0.2) is 10.2 Å². The number of aromatic nitrogens is 6. The van der Waals surface area contributed by atoms with Crippen molar-refractivity contribution in [3.05, 3.63) is 36.5 Å². The van der Waals surface area contributed by atoms with E-state index in [-0.39, 0.29) is 66.9 Å². The van der Waals surface area contributed by atoms with Crippen LogP contribution in [0.1, 0.15) is 6.42 Å². The molecule has 3 aromatic rings. The molecule has 22 heteroatoms. The molecule has 44 heavy (non-hydrogen) atoms. The lowest BCUT2D eigenvalue weighted by molar-refractivity contribution is -0.432. The summed E-state index contributed by atoms with van der Waals surface area (Å²) in [5, 5.41) is 44.6. The van der Waals surface area contributed by atoms with E-state index in [1.165, 1.54) is 6.21 Å². The molecule has 0 bridgehead atoms. The molecule has 0 fully saturated rings. The third kappa shape index (κ3) is 12.9. The summed E-state index contributed by atoms with van der Waals surface area (Å²) >= 11 is 0.767. The van der Waals surface area contributed by atoms with Crippen LogP contribution in [0.15, 0.2) is 41.5 Å². The van der Waals surface area contributed by atoms with Crippen molar-refractivity contribution in [1.29, 1.82) is 0 Å². The third-order valence-corrected chi connectivity index (χ3v) is 5.96. The fourth-order valence-corrected chi connectivity index (χ4v) is 3.62. The molecule has 0 atom stereocenters. The average Bonchev–Trinajstić information content (AvgIpc) is 2.96. The molecule has 0 unspecified atom stereocenters. The third-order valence-electron chi connectivity index (χ3n) is 4.80. The van der Waals surface area contributed by atoms with E-state index >= 15 is 0 Å². The maximum atomic E-state index is 11.1. The van der Waals surface area contributed by atoms with Crippen LogP contribution in [-0.4, -0.2) is 102 Å². The van der Waals surface area contributed by atoms with E-state index in [1.807, 2.05) is 0 Å². The topological polar surface area (TPSA) is 283 Å². The Balaban J connectivity index is 1.80. The molecule has 0 saturated heterocycles. The smallest absolute Gasteiger partial charge is 0.266 e. The summed E-state index contributed by atoms with van der Waals surface area (Å²) in [6.07, 6.45) is 1.85. The molecule has 2 heterocycles. The van der Waals surface area contributed by atoms with Crippen LogP contribution in [-0.2, 0) is 19.5 Å². The number of anilines is 7. The normalized spacial score (nSPS) is 11.4. The highest BCUT2D eigenvalue weighted by atomic mass is 32.2. The van der Waals surface area contributed by atoms with E-state index < -0.39 is 15.9 Å². The second-order valence-corrected chi connectivity index (χ2v) is 10.5. The molecule has 0 saturated carbocycles. The average molecular weight is 655 g/mol. The predicted octanol–water partition coefficient (Wildman–Crippen LogP) is 1.33. The molecular weight excluding hydrogens is 624 g/mol. The largest absolute Gasteiger partial charge is 0.396 e. The Morgan fingerprint density at radius 2 is 1.57 bits per heavy atom. The standard InChI is InChI=1S/C22H30N12O8S2/c1-14(13-36)26-20-30-18(24-7-10-43-42-41-37)32-22(34-20)28-16-5-2-4-15(12-16)27-21-31-17(23-6-3-9-35)29-19(33-21)25-8-11-44(38,39)40/h2,4-5,7,12,35-37H,1,3,6,8-11,13H2,(H,38,39,40)(H2,26,28,30,32,34)(H3,23,25,27,29,31,33). The van der Waals surface area contributed by atoms with E-state index in [9.17, 15) is 13.5 Å². The van der Waals surface area contributed by atoms with E-state index in [0.717, 1.165) is 12.0 Å². The quantitative estimate of drug-likeness (QED) is 0.0207. The molecule has 0 spiro atoms. The zero-order valence-electron chi connectivity index (χ0n) is 22.9. The van der Waals surface area contributed by atoms with Gasteiger partial charge in [0.15, 0.2) is 0 Å². The monoisotopic (exact) mass is 654 g/mol. The van der Waals surface area contributed by atoms with Crippen LogP contribution >= 0.6 is 12.0 Å². The fraction of sp³-hybridized carbons (Fsp3) is 0.318. The number of hydrogen-bond donors (Lipinski definition) is 9. The zero-order chi connectivity index (χ0) is 31.8. The first-order valence-corrected chi connectivity index (χ1v) is 15.1. The molecule has 9 N–H and O–H groups in total. The highest BCUT2D eigenvalue weighted by Gasteiger charge is 2.11. The lowest BCUT2D eigenvalue weighted by Gasteiger charge is -2.12. The second kappa shape index (κ2) is 17.7. The Morgan fingerprint density at radius 1 is 0.955 bits per heavy atom. The van der Waals surface area contributed by atoms with Crippen LogP contribution in [0.5, 0.6) is 0 Å². The summed E-state index contributed by atoms with van der Waals surface area (Å²) in [6.45, 7) is 3.48. The van der Waals surface area contributed by atoms with E-state index in [4.69, 9.17) is 14.9 Å². The molecule has 2 aromatic heterocycles. The minimum atomic E-state index is -4.19. The van der Waals surface area contributed by atoms with Gasteiger partial charge >= 0.3 is 0 Å². The lowest BCUT2D eigenvalue weighted by Crippen LogP contribution is -2.17. The summed E-state index contributed by atoms with van der Waals surface area (Å²) in [6, 6.07) is 6.89. The van der Waals surface area contributed by atoms with Crippen LogP contribution in [0, 0.1) is 0 Å². The fourth-order valence-electron chi connectivity index (χ4n) is 3.02. The van der Waals surface area contributed by atoms with Crippen LogP contribution in [0.2, 0.25) is 0 Å². The van der Waals surface area contributed by atoms with Gasteiger partial charge in [-0.3, -0.25) is 4.55 Å². The molecule has 0 aliphatic rings. The molecule has 20 nitrogen and oxygen atoms in total. The molecule has 238 valence electrons. The Bertz CT molecular complexity index is 1520. The SMILES string of the molecule is C=C(CO)Nc1nc(N=CCSOOO)nc(Nc2cccc(Nc3nc(NCCCO)nc(NCCS(=O)(=O)O)n3)c2)n1. The van der Waals surface area contributed by atoms with Crippen LogP contribution < -0.4 is 26.6 Å². The number of aliphatic hydroxyl groups excluding tert-OH is 2. The summed E-state index contributed by atoms with van der Waals surface area (Å²) in [4.78, 5) is 29.5. The van der Waals surface area contributed by atoms with Crippen molar-refractivity contribution in [2.24, 2.45) is 4.99 Å². The number of benzene rings is 1. The summed E-state index contributed by atoms with van der Waals surface area (Å²) in [5.41, 5.74) is 1.31. The van der Waals surface area contributed by atoms with Crippen molar-refractivity contribution in [3.63, 3.8) is 0 Å². The number of nitrogens with zero attached hydrogens (tertiary/aromatic N) is 7. The van der Waals surface area contributed by atoms with Crippen molar-refractivity contribution in [3.8, 4) is 0 Å². The first-order chi connectivity index (χ1) is 21.2. The number of aliphatic hydroxyl groups is 2. The zero-order valence-corrected chi connectivity index (χ0v) is 24.5. The molecule has 0 aliphatic carbocycles. The molecule has 1 aromatic carbocycles. The maximum absolute atomic E-state index is 11.1. The van der Waals surface area contributed by atoms with E-state index in [1.54, 1.807) is 24.3 Å². The summed E-state index contributed by atoms with van der Waals surface area (Å²) in [7, 11) is -4.19. The van der Waals surface area contributed by atoms with Crippen LogP contribution in [0.25, 0.3) is 0 Å². The van der Waals surface area contributed by atoms with Gasteiger partial charge in [0.1, 0.15) is 0 Å². The van der Waals surface area contributed by atoms with E-state index in [0.29, 0.717) is 24.3 Å². The first kappa shape index (κ1) is 34.2. The van der Waals surface area contributed by atoms with Crippen molar-refractivity contribution >= 4 is 75.4 Å². The molecule has 3 rings (SSSR count). The number of nitrogens with one attached hydrogen (secondary N) is 5. The van der Waals surface area contributed by atoms with E-state index in [2.05, 4.69) is 77.4 Å². The van der Waals surface area contributed by atoms with Gasteiger partial charge in [-0.1, -0.05) is 17.7 Å². The van der Waals surface area contributed by atoms with Crippen molar-refractivity contribution in [2.75, 3.05) is 64.4 Å². The molecule has 0 aliphatic heterocycles. The van der Waals surface area contributed by atoms with Crippen molar-refractivity contribution in [1.82, 2.24) is 29.9 Å². The van der Waals surface area contributed by atoms with Gasteiger partial charge in [0, 0.05) is 55.0 Å². The first-order valence-electron chi connectivity index (χ1n) is 12.6. The minimum absolute atomic E-state index is 0.0102. The Morgan fingerprint density at radius 3 is 2.20 bits per heavy atom. The van der Waals surface area contributed by atoms with Crippen LogP contribution in [0.3, 0.4) is 0 Å². The highest BCUT2D eigenvalue weighted by molar-refractivity contribution is 7.95. The Hall–Kier alpha value is -4.29. The van der Waals surface area contributed by atoms with Gasteiger partial charge in [0.25, 0.3) is 16.1 Å².